The number of hydrogen-bond acceptors (Lipinski definition) is 11. The first-order valence-corrected chi connectivity index (χ1v) is 17.2. The van der Waals surface area contributed by atoms with Crippen molar-refractivity contribution >= 4 is 75.9 Å². The molecule has 0 aliphatic rings. The predicted octanol–water partition coefficient (Wildman–Crippen LogP) is 8.42. The third-order valence-electron chi connectivity index (χ3n) is 7.86. The molecule has 0 bridgehead atoms. The van der Waals surface area contributed by atoms with Gasteiger partial charge in [0.1, 0.15) is 26.4 Å². The maximum atomic E-state index is 12.0. The van der Waals surface area contributed by atoms with Crippen LogP contribution < -0.4 is 11.5 Å². The molecule has 0 aliphatic carbocycles. The summed E-state index contributed by atoms with van der Waals surface area (Å²) in [5, 5.41) is 18.2. The van der Waals surface area contributed by atoms with Crippen LogP contribution in [0.5, 0.6) is 0 Å². The predicted molar refractivity (Wildman–Crippen MR) is 184 cm³/mol. The Labute approximate surface area is 276 Å². The summed E-state index contributed by atoms with van der Waals surface area (Å²) >= 11 is 0. The van der Waals surface area contributed by atoms with Crippen molar-refractivity contribution in [3.63, 3.8) is 0 Å². The molecule has 0 amide bonds. The van der Waals surface area contributed by atoms with Gasteiger partial charge in [0.25, 0.3) is 10.1 Å². The van der Waals surface area contributed by atoms with Crippen molar-refractivity contribution < 1.29 is 25.9 Å². The van der Waals surface area contributed by atoms with Crippen LogP contribution in [-0.2, 0) is 20.2 Å². The van der Waals surface area contributed by atoms with Crippen LogP contribution in [0, 0.1) is 13.8 Å². The van der Waals surface area contributed by atoms with Crippen molar-refractivity contribution in [1.82, 2.24) is 0 Å². The van der Waals surface area contributed by atoms with Crippen LogP contribution in [0.15, 0.2) is 127 Å². The fourth-order valence-electron chi connectivity index (χ4n) is 5.53. The zero-order valence-corrected chi connectivity index (χ0v) is 27.1. The van der Waals surface area contributed by atoms with Gasteiger partial charge in [-0.05, 0) is 72.5 Å². The van der Waals surface area contributed by atoms with E-state index in [-0.39, 0.29) is 38.4 Å². The number of benzene rings is 6. The monoisotopic (exact) mass is 679 g/mol. The Hall–Kier alpha value is -5.54. The van der Waals surface area contributed by atoms with Gasteiger partial charge < -0.3 is 16.0 Å². The first-order chi connectivity index (χ1) is 22.7. The highest BCUT2D eigenvalue weighted by atomic mass is 32.2. The molecule has 242 valence electrons. The number of hydrogen-bond donors (Lipinski definition) is 3. The van der Waals surface area contributed by atoms with Gasteiger partial charge in [0, 0.05) is 21.5 Å². The second kappa shape index (κ2) is 12.2. The van der Waals surface area contributed by atoms with Crippen LogP contribution in [0.4, 0.5) is 34.1 Å². The molecule has 0 atom stereocenters. The maximum Gasteiger partial charge on any atom is 0.295 e. The molecule has 0 fully saturated rings. The molecule has 0 heterocycles. The van der Waals surface area contributed by atoms with Crippen molar-refractivity contribution in [2.24, 2.45) is 20.5 Å². The van der Waals surface area contributed by atoms with Crippen molar-refractivity contribution in [2.75, 3.05) is 11.5 Å². The number of aryl methyl sites for hydroxylation is 2. The molecule has 0 aliphatic heterocycles. The molecule has 6 aromatic rings. The van der Waals surface area contributed by atoms with E-state index in [1.54, 1.807) is 54.6 Å². The largest absolute Gasteiger partial charge is 0.744 e. The van der Waals surface area contributed by atoms with Crippen LogP contribution in [0.25, 0.3) is 32.7 Å². The van der Waals surface area contributed by atoms with E-state index in [2.05, 4.69) is 20.5 Å². The summed E-state index contributed by atoms with van der Waals surface area (Å²) < 4.78 is 69.7. The average molecular weight is 680 g/mol. The van der Waals surface area contributed by atoms with E-state index in [0.717, 1.165) is 28.3 Å². The highest BCUT2D eigenvalue weighted by Crippen LogP contribution is 2.39. The Bertz CT molecular complexity index is 2390. The van der Waals surface area contributed by atoms with E-state index in [1.165, 1.54) is 12.1 Å². The van der Waals surface area contributed by atoms with Crippen molar-refractivity contribution in [2.45, 2.75) is 23.6 Å². The minimum absolute atomic E-state index is 0.0603. The van der Waals surface area contributed by atoms with E-state index in [1.807, 2.05) is 38.1 Å². The number of fused-ring (bicyclic) bond motifs is 2. The third kappa shape index (κ3) is 6.24. The summed E-state index contributed by atoms with van der Waals surface area (Å²) in [5.41, 5.74) is 17.7. The second-order valence-electron chi connectivity index (χ2n) is 11.0. The molecule has 5 N–H and O–H groups in total. The Morgan fingerprint density at radius 1 is 0.562 bits per heavy atom. The molecule has 0 radical (unpaired) electrons. The molecule has 6 rings (SSSR count). The minimum atomic E-state index is -4.79. The molecule has 48 heavy (non-hydrogen) atoms. The lowest BCUT2D eigenvalue weighted by Crippen LogP contribution is -2.01. The first kappa shape index (κ1) is 32.4. The quantitative estimate of drug-likeness (QED) is 0.0843. The van der Waals surface area contributed by atoms with Gasteiger partial charge in [0.05, 0.1) is 27.6 Å². The summed E-state index contributed by atoms with van der Waals surface area (Å²) in [7, 11) is -9.34. The number of anilines is 2. The molecule has 0 saturated heterocycles. The van der Waals surface area contributed by atoms with E-state index >= 15 is 0 Å². The standard InChI is InChI=1S/C34H28N6O6S2/c1-19-15-21(37-39-29-17-31(47(41,42)43)25-7-3-5-9-27(25)33(29)35)11-13-23(19)24-14-12-22(16-20(24)2)38-40-30-18-32(48(44,45)46)26-8-4-6-10-28(26)34(30)36/h3-18H,35-36H2,1-2H3,(H,41,42,43)(H,44,45,46)/p-1. The van der Waals surface area contributed by atoms with Gasteiger partial charge in [-0.15, -0.1) is 10.2 Å². The van der Waals surface area contributed by atoms with E-state index in [9.17, 15) is 25.9 Å². The zero-order chi connectivity index (χ0) is 34.4. The fraction of sp³-hybridized carbons (Fsp3) is 0.0588. The van der Waals surface area contributed by atoms with E-state index in [0.29, 0.717) is 22.1 Å². The summed E-state index contributed by atoms with van der Waals surface area (Å²) in [6, 6.07) is 26.2. The summed E-state index contributed by atoms with van der Waals surface area (Å²) in [5.74, 6) is 0. The molecule has 12 nitrogen and oxygen atoms in total. The lowest BCUT2D eigenvalue weighted by Gasteiger charge is -2.14. The highest BCUT2D eigenvalue weighted by molar-refractivity contribution is 7.86. The Morgan fingerprint density at radius 3 is 1.35 bits per heavy atom. The van der Waals surface area contributed by atoms with Gasteiger partial charge in [-0.25, -0.2) is 8.42 Å². The smallest absolute Gasteiger partial charge is 0.295 e. The second-order valence-corrected chi connectivity index (χ2v) is 13.8. The van der Waals surface area contributed by atoms with Gasteiger partial charge in [0.2, 0.25) is 0 Å². The molecule has 0 unspecified atom stereocenters. The molecule has 14 heteroatoms. The lowest BCUT2D eigenvalue weighted by molar-refractivity contribution is 0.464. The van der Waals surface area contributed by atoms with Crippen LogP contribution in [0.3, 0.4) is 0 Å². The Kier molecular flexibility index (Phi) is 8.26. The Balaban J connectivity index is 1.28. The number of nitrogen functional groups attached to an aromatic ring is 2. The van der Waals surface area contributed by atoms with E-state index in [4.69, 9.17) is 11.5 Å². The van der Waals surface area contributed by atoms with Gasteiger partial charge in [-0.1, -0.05) is 60.7 Å². The average Bonchev–Trinajstić information content (AvgIpc) is 3.03. The zero-order valence-electron chi connectivity index (χ0n) is 25.5. The van der Waals surface area contributed by atoms with E-state index < -0.39 is 25.1 Å². The van der Waals surface area contributed by atoms with Crippen LogP contribution in [0.1, 0.15) is 11.1 Å². The SMILES string of the molecule is Cc1cc(N=Nc2cc(S(=O)(=O)[O-])c3ccccc3c2N)ccc1-c1ccc(N=Nc2cc(S(=O)(=O)O)c3ccccc3c2N)cc1C. The van der Waals surface area contributed by atoms with Crippen LogP contribution in [-0.4, -0.2) is 25.9 Å². The van der Waals surface area contributed by atoms with Gasteiger partial charge in [-0.2, -0.15) is 18.6 Å². The van der Waals surface area contributed by atoms with Crippen molar-refractivity contribution in [3.05, 3.63) is 108 Å². The first-order valence-electron chi connectivity index (χ1n) is 14.3. The lowest BCUT2D eigenvalue weighted by atomic mass is 9.96. The van der Waals surface area contributed by atoms with Gasteiger partial charge in [-0.3, -0.25) is 4.55 Å². The summed E-state index contributed by atoms with van der Waals surface area (Å²) in [6.45, 7) is 3.82. The number of nitrogens with two attached hydrogens (primary N) is 2. The van der Waals surface area contributed by atoms with Crippen LogP contribution >= 0.6 is 0 Å². The molecule has 0 saturated carbocycles. The molecule has 0 spiro atoms. The normalized spacial score (nSPS) is 12.5. The van der Waals surface area contributed by atoms with Gasteiger partial charge >= 0.3 is 0 Å². The van der Waals surface area contributed by atoms with Crippen LogP contribution in [0.2, 0.25) is 0 Å². The maximum absolute atomic E-state index is 12.0. The molecule has 0 aromatic heterocycles. The van der Waals surface area contributed by atoms with Gasteiger partial charge in [0.15, 0.2) is 0 Å². The topological polar surface area (TPSA) is 213 Å². The molecular formula is C34H27N6O6S2-. The highest BCUT2D eigenvalue weighted by Gasteiger charge is 2.19. The summed E-state index contributed by atoms with van der Waals surface area (Å²) in [4.78, 5) is -0.734. The number of nitrogens with zero attached hydrogens (tertiary/aromatic N) is 4. The van der Waals surface area contributed by atoms with Crippen molar-refractivity contribution in [1.29, 1.82) is 0 Å². The fourth-order valence-corrected chi connectivity index (χ4v) is 6.95. The summed E-state index contributed by atoms with van der Waals surface area (Å²) in [6.07, 6.45) is 0. The third-order valence-corrected chi connectivity index (χ3v) is 9.63. The Morgan fingerprint density at radius 2 is 0.958 bits per heavy atom. The van der Waals surface area contributed by atoms with Crippen molar-refractivity contribution in [3.8, 4) is 11.1 Å². The number of azo groups is 2. The number of rotatable bonds is 7. The molecule has 6 aromatic carbocycles. The molecular weight excluding hydrogens is 653 g/mol. The minimum Gasteiger partial charge on any atom is -0.744 e.